The van der Waals surface area contributed by atoms with E-state index in [9.17, 15) is 0 Å². The predicted octanol–water partition coefficient (Wildman–Crippen LogP) is 5.34. The normalized spacial score (nSPS) is 19.4. The summed E-state index contributed by atoms with van der Waals surface area (Å²) in [6.45, 7) is 2.07. The summed E-state index contributed by atoms with van der Waals surface area (Å²) in [6, 6.07) is 2.21. The van der Waals surface area contributed by atoms with E-state index in [4.69, 9.17) is 11.6 Å². The molecule has 1 fully saturated rings. The van der Waals surface area contributed by atoms with Crippen LogP contribution in [0.4, 0.5) is 0 Å². The Labute approximate surface area is 103 Å². The molecular formula is C11H14BrClS. The molecular weight excluding hydrogens is 280 g/mol. The SMILES string of the molecule is Cc1cc(C(Br)CC2CCC2)sc1Cl. The van der Waals surface area contributed by atoms with E-state index in [0.29, 0.717) is 4.83 Å². The van der Waals surface area contributed by atoms with Crippen molar-refractivity contribution in [3.8, 4) is 0 Å². The van der Waals surface area contributed by atoms with Gasteiger partial charge in [0.05, 0.1) is 4.34 Å². The van der Waals surface area contributed by atoms with Crippen LogP contribution in [0.5, 0.6) is 0 Å². The maximum atomic E-state index is 6.06. The first-order valence-corrected chi connectivity index (χ1v) is 7.17. The summed E-state index contributed by atoms with van der Waals surface area (Å²) in [7, 11) is 0. The van der Waals surface area contributed by atoms with Gasteiger partial charge in [-0.1, -0.05) is 46.8 Å². The molecule has 0 spiro atoms. The topological polar surface area (TPSA) is 0 Å². The molecule has 1 aromatic rings. The molecule has 1 unspecified atom stereocenters. The Morgan fingerprint density at radius 2 is 2.36 bits per heavy atom. The fraction of sp³-hybridized carbons (Fsp3) is 0.636. The van der Waals surface area contributed by atoms with Gasteiger partial charge in [-0.15, -0.1) is 11.3 Å². The van der Waals surface area contributed by atoms with Crippen molar-refractivity contribution < 1.29 is 0 Å². The molecule has 1 heterocycles. The minimum atomic E-state index is 0.518. The Kier molecular flexibility index (Phi) is 3.56. The van der Waals surface area contributed by atoms with Gasteiger partial charge in [-0.05, 0) is 30.9 Å². The van der Waals surface area contributed by atoms with Crippen LogP contribution in [0.2, 0.25) is 4.34 Å². The van der Waals surface area contributed by atoms with Crippen molar-refractivity contribution in [3.63, 3.8) is 0 Å². The Balaban J connectivity index is 1.98. The first-order valence-electron chi connectivity index (χ1n) is 5.06. The minimum Gasteiger partial charge on any atom is -0.127 e. The second-order valence-corrected chi connectivity index (χ2v) is 6.90. The van der Waals surface area contributed by atoms with Crippen LogP contribution in [0.25, 0.3) is 0 Å². The third-order valence-electron chi connectivity index (χ3n) is 2.95. The molecule has 0 N–H and O–H groups in total. The molecule has 0 aliphatic heterocycles. The van der Waals surface area contributed by atoms with Gasteiger partial charge >= 0.3 is 0 Å². The van der Waals surface area contributed by atoms with Gasteiger partial charge in [0.1, 0.15) is 0 Å². The van der Waals surface area contributed by atoms with Crippen LogP contribution in [0, 0.1) is 12.8 Å². The standard InChI is InChI=1S/C11H14BrClS/c1-7-5-10(14-11(7)13)9(12)6-8-3-2-4-8/h5,8-9H,2-4,6H2,1H3. The van der Waals surface area contributed by atoms with E-state index in [0.717, 1.165) is 10.3 Å². The van der Waals surface area contributed by atoms with E-state index in [2.05, 4.69) is 28.9 Å². The van der Waals surface area contributed by atoms with E-state index in [1.165, 1.54) is 36.1 Å². The minimum absolute atomic E-state index is 0.518. The second kappa shape index (κ2) is 4.54. The maximum absolute atomic E-state index is 6.06. The van der Waals surface area contributed by atoms with Crippen LogP contribution in [-0.2, 0) is 0 Å². The van der Waals surface area contributed by atoms with Crippen LogP contribution in [-0.4, -0.2) is 0 Å². The zero-order chi connectivity index (χ0) is 10.1. The van der Waals surface area contributed by atoms with Crippen molar-refractivity contribution in [1.29, 1.82) is 0 Å². The smallest absolute Gasteiger partial charge is 0.0960 e. The van der Waals surface area contributed by atoms with E-state index in [1.807, 2.05) is 0 Å². The summed E-state index contributed by atoms with van der Waals surface area (Å²) in [6.07, 6.45) is 5.53. The molecule has 1 saturated carbocycles. The molecule has 3 heteroatoms. The quantitative estimate of drug-likeness (QED) is 0.660. The summed E-state index contributed by atoms with van der Waals surface area (Å²) >= 11 is 11.5. The fourth-order valence-corrected chi connectivity index (χ4v) is 3.92. The van der Waals surface area contributed by atoms with Crippen LogP contribution in [0.15, 0.2) is 6.07 Å². The zero-order valence-electron chi connectivity index (χ0n) is 8.22. The molecule has 2 rings (SSSR count). The Morgan fingerprint density at radius 3 is 2.79 bits per heavy atom. The molecule has 14 heavy (non-hydrogen) atoms. The van der Waals surface area contributed by atoms with E-state index < -0.39 is 0 Å². The highest BCUT2D eigenvalue weighted by Crippen LogP contribution is 2.42. The highest BCUT2D eigenvalue weighted by molar-refractivity contribution is 9.09. The van der Waals surface area contributed by atoms with Crippen molar-refractivity contribution in [3.05, 3.63) is 20.8 Å². The number of alkyl halides is 1. The fourth-order valence-electron chi connectivity index (χ4n) is 1.78. The largest absolute Gasteiger partial charge is 0.127 e. The third kappa shape index (κ3) is 2.34. The number of aryl methyl sites for hydroxylation is 1. The van der Waals surface area contributed by atoms with Gasteiger partial charge in [-0.3, -0.25) is 0 Å². The third-order valence-corrected chi connectivity index (χ3v) is 5.79. The Hall–Kier alpha value is 0.470. The number of hydrogen-bond acceptors (Lipinski definition) is 1. The van der Waals surface area contributed by atoms with Crippen LogP contribution in [0.1, 0.15) is 41.0 Å². The molecule has 0 aromatic carbocycles. The van der Waals surface area contributed by atoms with Crippen LogP contribution < -0.4 is 0 Å². The molecule has 1 aliphatic carbocycles. The summed E-state index contributed by atoms with van der Waals surface area (Å²) in [5.74, 6) is 0.945. The lowest BCUT2D eigenvalue weighted by molar-refractivity contribution is 0.296. The Bertz CT molecular complexity index is 298. The van der Waals surface area contributed by atoms with Crippen molar-refractivity contribution in [1.82, 2.24) is 0 Å². The van der Waals surface area contributed by atoms with E-state index in [1.54, 1.807) is 11.3 Å². The summed E-state index contributed by atoms with van der Waals surface area (Å²) in [4.78, 5) is 1.91. The number of hydrogen-bond donors (Lipinski definition) is 0. The van der Waals surface area contributed by atoms with Gasteiger partial charge in [-0.2, -0.15) is 0 Å². The monoisotopic (exact) mass is 292 g/mol. The van der Waals surface area contributed by atoms with Crippen molar-refractivity contribution in [2.45, 2.75) is 37.4 Å². The van der Waals surface area contributed by atoms with Gasteiger partial charge < -0.3 is 0 Å². The predicted molar refractivity (Wildman–Crippen MR) is 67.7 cm³/mol. The zero-order valence-corrected chi connectivity index (χ0v) is 11.4. The summed E-state index contributed by atoms with van der Waals surface area (Å²) in [5.41, 5.74) is 1.21. The van der Waals surface area contributed by atoms with Crippen LogP contribution in [0.3, 0.4) is 0 Å². The van der Waals surface area contributed by atoms with Crippen molar-refractivity contribution in [2.75, 3.05) is 0 Å². The van der Waals surface area contributed by atoms with Crippen molar-refractivity contribution >= 4 is 38.9 Å². The number of halogens is 2. The molecule has 0 bridgehead atoms. The number of thiophene rings is 1. The molecule has 0 amide bonds. The molecule has 0 saturated heterocycles. The van der Waals surface area contributed by atoms with E-state index >= 15 is 0 Å². The first kappa shape index (κ1) is 11.0. The molecule has 1 aromatic heterocycles. The van der Waals surface area contributed by atoms with Gasteiger partial charge in [0.25, 0.3) is 0 Å². The number of rotatable bonds is 3. The molecule has 0 radical (unpaired) electrons. The molecule has 1 aliphatic rings. The van der Waals surface area contributed by atoms with Crippen molar-refractivity contribution in [2.24, 2.45) is 5.92 Å². The first-order chi connectivity index (χ1) is 6.66. The van der Waals surface area contributed by atoms with Gasteiger partial charge in [0, 0.05) is 9.70 Å². The van der Waals surface area contributed by atoms with Gasteiger partial charge in [-0.25, -0.2) is 0 Å². The lowest BCUT2D eigenvalue weighted by Crippen LogP contribution is -2.12. The summed E-state index contributed by atoms with van der Waals surface area (Å²) < 4.78 is 0.943. The van der Waals surface area contributed by atoms with Gasteiger partial charge in [0.15, 0.2) is 0 Å². The average molecular weight is 294 g/mol. The maximum Gasteiger partial charge on any atom is 0.0960 e. The molecule has 0 nitrogen and oxygen atoms in total. The van der Waals surface area contributed by atoms with Crippen LogP contribution >= 0.6 is 38.9 Å². The Morgan fingerprint density at radius 1 is 1.64 bits per heavy atom. The second-order valence-electron chi connectivity index (χ2n) is 4.11. The molecule has 78 valence electrons. The van der Waals surface area contributed by atoms with Gasteiger partial charge in [0.2, 0.25) is 0 Å². The van der Waals surface area contributed by atoms with E-state index in [-0.39, 0.29) is 0 Å². The highest BCUT2D eigenvalue weighted by atomic mass is 79.9. The lowest BCUT2D eigenvalue weighted by atomic mass is 9.82. The molecule has 1 atom stereocenters. The highest BCUT2D eigenvalue weighted by Gasteiger charge is 2.22. The summed E-state index contributed by atoms with van der Waals surface area (Å²) in [5, 5.41) is 0. The lowest BCUT2D eigenvalue weighted by Gasteiger charge is -2.27. The average Bonchev–Trinajstić information content (AvgIpc) is 2.40.